The molecule has 29 heavy (non-hydrogen) atoms. The molecule has 2 heterocycles. The molecule has 2 rings (SSSR count). The first-order chi connectivity index (χ1) is 13.9. The fourth-order valence-electron chi connectivity index (χ4n) is 3.47. The van der Waals surface area contributed by atoms with Crippen molar-refractivity contribution in [3.8, 4) is 0 Å². The number of nitrogens with one attached hydrogen (secondary N) is 1. The second-order valence-electron chi connectivity index (χ2n) is 6.78. The standard InChI is InChI=1S/C18H29N3O7S/c1-4-27-16(23)14-11-28-18(25)21(14)12-5-8-20(9-6-12)17(24)19-13(7-10-29-3)15(22)26-2/h12-14H,4-11H2,1-3H3,(H,19,24). The number of carbonyl (C=O) groups is 4. The lowest BCUT2D eigenvalue weighted by Gasteiger charge is -2.37. The molecule has 0 aromatic rings. The zero-order valence-corrected chi connectivity index (χ0v) is 17.9. The Morgan fingerprint density at radius 3 is 2.59 bits per heavy atom. The summed E-state index contributed by atoms with van der Waals surface area (Å²) in [6, 6.07) is -2.00. The van der Waals surface area contributed by atoms with Crippen molar-refractivity contribution in [1.82, 2.24) is 15.1 Å². The number of hydrogen-bond acceptors (Lipinski definition) is 8. The summed E-state index contributed by atoms with van der Waals surface area (Å²) in [4.78, 5) is 51.7. The number of ether oxygens (including phenoxy) is 3. The first-order valence-corrected chi connectivity index (χ1v) is 11.1. The van der Waals surface area contributed by atoms with Crippen LogP contribution in [0.2, 0.25) is 0 Å². The van der Waals surface area contributed by atoms with Gasteiger partial charge in [-0.2, -0.15) is 11.8 Å². The van der Waals surface area contributed by atoms with Crippen LogP contribution in [0, 0.1) is 0 Å². The Bertz CT molecular complexity index is 610. The molecule has 0 aromatic heterocycles. The van der Waals surface area contributed by atoms with Crippen LogP contribution in [-0.2, 0) is 23.8 Å². The molecule has 1 N–H and O–H groups in total. The number of hydrogen-bond donors (Lipinski definition) is 1. The third-order valence-electron chi connectivity index (χ3n) is 5.01. The van der Waals surface area contributed by atoms with Gasteiger partial charge in [0, 0.05) is 19.1 Å². The third-order valence-corrected chi connectivity index (χ3v) is 5.65. The molecule has 0 radical (unpaired) electrons. The van der Waals surface area contributed by atoms with E-state index in [1.54, 1.807) is 23.6 Å². The number of likely N-dealkylation sites (tertiary alicyclic amines) is 1. The van der Waals surface area contributed by atoms with Crippen LogP contribution in [-0.4, -0.2) is 97.4 Å². The average molecular weight is 432 g/mol. The highest BCUT2D eigenvalue weighted by molar-refractivity contribution is 7.98. The van der Waals surface area contributed by atoms with E-state index in [2.05, 4.69) is 5.32 Å². The lowest BCUT2D eigenvalue weighted by Crippen LogP contribution is -2.55. The van der Waals surface area contributed by atoms with E-state index in [1.807, 2.05) is 6.26 Å². The first-order valence-electron chi connectivity index (χ1n) is 9.66. The second-order valence-corrected chi connectivity index (χ2v) is 7.76. The Hall–Kier alpha value is -2.17. The van der Waals surface area contributed by atoms with Crippen molar-refractivity contribution >= 4 is 35.8 Å². The Morgan fingerprint density at radius 1 is 1.31 bits per heavy atom. The monoisotopic (exact) mass is 431 g/mol. The van der Waals surface area contributed by atoms with E-state index in [-0.39, 0.29) is 25.3 Å². The van der Waals surface area contributed by atoms with Crippen molar-refractivity contribution < 1.29 is 33.4 Å². The third kappa shape index (κ3) is 5.91. The molecular weight excluding hydrogens is 402 g/mol. The number of urea groups is 1. The summed E-state index contributed by atoms with van der Waals surface area (Å²) in [6.45, 7) is 2.71. The van der Waals surface area contributed by atoms with Gasteiger partial charge in [-0.3, -0.25) is 4.90 Å². The number of amides is 3. The van der Waals surface area contributed by atoms with Crippen LogP contribution < -0.4 is 5.32 Å². The minimum Gasteiger partial charge on any atom is -0.467 e. The van der Waals surface area contributed by atoms with Gasteiger partial charge >= 0.3 is 24.1 Å². The molecule has 0 aromatic carbocycles. The molecule has 0 aliphatic carbocycles. The van der Waals surface area contributed by atoms with Gasteiger partial charge in [0.25, 0.3) is 0 Å². The van der Waals surface area contributed by atoms with Crippen molar-refractivity contribution in [2.24, 2.45) is 0 Å². The maximum Gasteiger partial charge on any atom is 0.410 e. The highest BCUT2D eigenvalue weighted by atomic mass is 32.2. The maximum absolute atomic E-state index is 12.6. The zero-order chi connectivity index (χ0) is 21.4. The molecule has 11 heteroatoms. The number of carbonyl (C=O) groups excluding carboxylic acids is 4. The molecule has 0 spiro atoms. The van der Waals surface area contributed by atoms with E-state index < -0.39 is 30.1 Å². The van der Waals surface area contributed by atoms with Crippen LogP contribution in [0.1, 0.15) is 26.2 Å². The Kier molecular flexibility index (Phi) is 8.87. The van der Waals surface area contributed by atoms with Crippen LogP contribution in [0.3, 0.4) is 0 Å². The van der Waals surface area contributed by atoms with E-state index in [4.69, 9.17) is 14.2 Å². The number of thioether (sulfide) groups is 1. The minimum atomic E-state index is -0.747. The summed E-state index contributed by atoms with van der Waals surface area (Å²) in [5, 5.41) is 2.73. The largest absolute Gasteiger partial charge is 0.467 e. The summed E-state index contributed by atoms with van der Waals surface area (Å²) in [5.41, 5.74) is 0. The van der Waals surface area contributed by atoms with Crippen LogP contribution in [0.5, 0.6) is 0 Å². The lowest BCUT2D eigenvalue weighted by atomic mass is 10.0. The second kappa shape index (κ2) is 11.1. The summed E-state index contributed by atoms with van der Waals surface area (Å²) >= 11 is 1.58. The van der Waals surface area contributed by atoms with Gasteiger partial charge in [-0.05, 0) is 38.2 Å². The Labute approximate surface area is 174 Å². The van der Waals surface area contributed by atoms with E-state index in [1.165, 1.54) is 12.0 Å². The molecular formula is C18H29N3O7S. The molecule has 164 valence electrons. The van der Waals surface area contributed by atoms with E-state index in [0.717, 1.165) is 0 Å². The number of methoxy groups -OCH3 is 1. The van der Waals surface area contributed by atoms with Crippen LogP contribution in [0.25, 0.3) is 0 Å². The molecule has 2 unspecified atom stereocenters. The predicted molar refractivity (Wildman–Crippen MR) is 106 cm³/mol. The fraction of sp³-hybridized carbons (Fsp3) is 0.778. The van der Waals surface area contributed by atoms with Gasteiger partial charge in [-0.15, -0.1) is 0 Å². The fourth-order valence-corrected chi connectivity index (χ4v) is 3.94. The normalized spacial score (nSPS) is 20.8. The summed E-state index contributed by atoms with van der Waals surface area (Å²) < 4.78 is 14.8. The van der Waals surface area contributed by atoms with Crippen LogP contribution in [0.4, 0.5) is 9.59 Å². The molecule has 2 aliphatic heterocycles. The maximum atomic E-state index is 12.6. The van der Waals surface area contributed by atoms with Crippen molar-refractivity contribution in [1.29, 1.82) is 0 Å². The van der Waals surface area contributed by atoms with Crippen LogP contribution >= 0.6 is 11.8 Å². The van der Waals surface area contributed by atoms with Crippen molar-refractivity contribution in [3.05, 3.63) is 0 Å². The molecule has 10 nitrogen and oxygen atoms in total. The van der Waals surface area contributed by atoms with E-state index in [9.17, 15) is 19.2 Å². The number of cyclic esters (lactones) is 1. The van der Waals surface area contributed by atoms with Crippen molar-refractivity contribution in [3.63, 3.8) is 0 Å². The summed E-state index contributed by atoms with van der Waals surface area (Å²) in [5.74, 6) is -0.235. The van der Waals surface area contributed by atoms with Gasteiger partial charge < -0.3 is 24.4 Å². The molecule has 2 aliphatic rings. The van der Waals surface area contributed by atoms with Gasteiger partial charge in [0.15, 0.2) is 6.04 Å². The molecule has 0 saturated carbocycles. The summed E-state index contributed by atoms with van der Waals surface area (Å²) in [6.07, 6.45) is 2.89. The molecule has 2 atom stereocenters. The zero-order valence-electron chi connectivity index (χ0n) is 17.0. The number of esters is 2. The molecule has 3 amide bonds. The van der Waals surface area contributed by atoms with Crippen molar-refractivity contribution in [2.45, 2.75) is 44.3 Å². The topological polar surface area (TPSA) is 114 Å². The van der Waals surface area contributed by atoms with Crippen molar-refractivity contribution in [2.75, 3.05) is 45.4 Å². The van der Waals surface area contributed by atoms with Gasteiger partial charge in [0.05, 0.1) is 13.7 Å². The number of rotatable bonds is 8. The predicted octanol–water partition coefficient (Wildman–Crippen LogP) is 0.839. The number of nitrogens with zero attached hydrogens (tertiary/aromatic N) is 2. The van der Waals surface area contributed by atoms with Crippen LogP contribution in [0.15, 0.2) is 0 Å². The SMILES string of the molecule is CCOC(=O)C1COC(=O)N1C1CCN(C(=O)NC(CCSC)C(=O)OC)CC1. The lowest BCUT2D eigenvalue weighted by molar-refractivity contribution is -0.148. The van der Waals surface area contributed by atoms with E-state index >= 15 is 0 Å². The van der Waals surface area contributed by atoms with E-state index in [0.29, 0.717) is 38.1 Å². The minimum absolute atomic E-state index is 0.0192. The molecule has 2 saturated heterocycles. The summed E-state index contributed by atoms with van der Waals surface area (Å²) in [7, 11) is 1.29. The highest BCUT2D eigenvalue weighted by Gasteiger charge is 2.44. The quantitative estimate of drug-likeness (QED) is 0.444. The Balaban J connectivity index is 1.91. The average Bonchev–Trinajstić information content (AvgIpc) is 3.12. The van der Waals surface area contributed by atoms with Gasteiger partial charge in [-0.1, -0.05) is 0 Å². The Morgan fingerprint density at radius 2 is 2.00 bits per heavy atom. The first kappa shape index (κ1) is 23.1. The van der Waals surface area contributed by atoms with Gasteiger partial charge in [0.2, 0.25) is 0 Å². The highest BCUT2D eigenvalue weighted by Crippen LogP contribution is 2.25. The molecule has 0 bridgehead atoms. The van der Waals surface area contributed by atoms with Gasteiger partial charge in [-0.25, -0.2) is 19.2 Å². The smallest absolute Gasteiger partial charge is 0.410 e. The molecule has 2 fully saturated rings. The number of piperidine rings is 1. The van der Waals surface area contributed by atoms with Gasteiger partial charge in [0.1, 0.15) is 12.6 Å².